The van der Waals surface area contributed by atoms with Crippen LogP contribution < -0.4 is 10.6 Å². The summed E-state index contributed by atoms with van der Waals surface area (Å²) in [5.74, 6) is -0.856. The monoisotopic (exact) mass is 422 g/mol. The van der Waals surface area contributed by atoms with E-state index in [2.05, 4.69) is 20.6 Å². The molecule has 0 aliphatic heterocycles. The van der Waals surface area contributed by atoms with E-state index in [-0.39, 0.29) is 6.04 Å². The number of benzene rings is 1. The summed E-state index contributed by atoms with van der Waals surface area (Å²) in [6, 6.07) is 14.2. The zero-order valence-electron chi connectivity index (χ0n) is 16.2. The number of pyridine rings is 1. The minimum absolute atomic E-state index is 0.123. The fourth-order valence-corrected chi connectivity index (χ4v) is 3.83. The first-order chi connectivity index (χ1) is 14.6. The second-order valence-electron chi connectivity index (χ2n) is 7.24. The van der Waals surface area contributed by atoms with Crippen molar-refractivity contribution in [2.24, 2.45) is 0 Å². The predicted octanol–water partition coefficient (Wildman–Crippen LogP) is 2.19. The van der Waals surface area contributed by atoms with Crippen LogP contribution in [0.4, 0.5) is 0 Å². The first-order valence-electron chi connectivity index (χ1n) is 9.80. The maximum Gasteiger partial charge on any atom is 0.264 e. The topological polar surface area (TPSA) is 104 Å². The standard InChI is InChI=1S/C22H22N4O3S/c27-19(21(28)25-15-9-10-15)17(12-14-6-2-1-3-7-14)26-22(29)20-18(24-13-30-20)16-8-4-5-11-23-16/h1-8,11,13,15,17,19,27H,9-10,12H2,(H,25,28)(H,26,29). The Balaban J connectivity index is 1.54. The number of hydrogen-bond acceptors (Lipinski definition) is 6. The number of amides is 2. The molecule has 1 aromatic carbocycles. The van der Waals surface area contributed by atoms with Gasteiger partial charge in [0.1, 0.15) is 10.6 Å². The number of carbonyl (C=O) groups is 2. The van der Waals surface area contributed by atoms with E-state index in [9.17, 15) is 14.7 Å². The number of nitrogens with zero attached hydrogens (tertiary/aromatic N) is 2. The zero-order valence-corrected chi connectivity index (χ0v) is 17.0. The van der Waals surface area contributed by atoms with Crippen molar-refractivity contribution in [1.29, 1.82) is 0 Å². The maximum atomic E-state index is 13.1. The van der Waals surface area contributed by atoms with Gasteiger partial charge in [0.15, 0.2) is 6.10 Å². The zero-order chi connectivity index (χ0) is 20.9. The predicted molar refractivity (Wildman–Crippen MR) is 114 cm³/mol. The maximum absolute atomic E-state index is 13.1. The molecule has 7 nitrogen and oxygen atoms in total. The summed E-state index contributed by atoms with van der Waals surface area (Å²) < 4.78 is 0. The smallest absolute Gasteiger partial charge is 0.264 e. The molecule has 30 heavy (non-hydrogen) atoms. The third-order valence-corrected chi connectivity index (χ3v) is 5.69. The van der Waals surface area contributed by atoms with E-state index in [0.717, 1.165) is 18.4 Å². The molecule has 0 bridgehead atoms. The van der Waals surface area contributed by atoms with Crippen molar-refractivity contribution in [2.75, 3.05) is 0 Å². The normalized spacial score (nSPS) is 15.2. The van der Waals surface area contributed by atoms with E-state index < -0.39 is 24.0 Å². The Morgan fingerprint density at radius 2 is 1.87 bits per heavy atom. The second-order valence-corrected chi connectivity index (χ2v) is 8.10. The number of thiazole rings is 1. The van der Waals surface area contributed by atoms with Crippen molar-refractivity contribution in [3.8, 4) is 11.4 Å². The summed E-state index contributed by atoms with van der Waals surface area (Å²) in [5.41, 5.74) is 3.57. The fourth-order valence-electron chi connectivity index (χ4n) is 3.13. The molecule has 154 valence electrons. The van der Waals surface area contributed by atoms with E-state index in [1.54, 1.807) is 23.8 Å². The van der Waals surface area contributed by atoms with Gasteiger partial charge in [0, 0.05) is 12.2 Å². The average molecular weight is 423 g/mol. The Morgan fingerprint density at radius 3 is 2.57 bits per heavy atom. The van der Waals surface area contributed by atoms with Crippen LogP contribution in [0.5, 0.6) is 0 Å². The molecule has 0 saturated heterocycles. The van der Waals surface area contributed by atoms with Gasteiger partial charge < -0.3 is 15.7 Å². The molecular formula is C22H22N4O3S. The number of aliphatic hydroxyl groups is 1. The molecule has 2 heterocycles. The van der Waals surface area contributed by atoms with Crippen LogP contribution in [-0.2, 0) is 11.2 Å². The highest BCUT2D eigenvalue weighted by Crippen LogP contribution is 2.24. The number of aliphatic hydroxyl groups excluding tert-OH is 1. The largest absolute Gasteiger partial charge is 0.381 e. The molecule has 1 saturated carbocycles. The summed E-state index contributed by atoms with van der Waals surface area (Å²) in [6.07, 6.45) is 2.44. The molecule has 2 aromatic heterocycles. The summed E-state index contributed by atoms with van der Waals surface area (Å²) in [4.78, 5) is 34.4. The summed E-state index contributed by atoms with van der Waals surface area (Å²) >= 11 is 1.20. The van der Waals surface area contributed by atoms with Crippen molar-refractivity contribution in [3.05, 3.63) is 70.7 Å². The highest BCUT2D eigenvalue weighted by Gasteiger charge is 2.33. The van der Waals surface area contributed by atoms with Gasteiger partial charge in [-0.3, -0.25) is 14.6 Å². The van der Waals surface area contributed by atoms with Gasteiger partial charge >= 0.3 is 0 Å². The number of rotatable bonds is 8. The molecule has 1 fully saturated rings. The van der Waals surface area contributed by atoms with Gasteiger partial charge in [0.2, 0.25) is 0 Å². The van der Waals surface area contributed by atoms with Gasteiger partial charge in [0.25, 0.3) is 11.8 Å². The molecule has 0 radical (unpaired) electrons. The van der Waals surface area contributed by atoms with E-state index in [1.165, 1.54) is 11.3 Å². The lowest BCUT2D eigenvalue weighted by atomic mass is 10.00. The summed E-state index contributed by atoms with van der Waals surface area (Å²) in [7, 11) is 0. The lowest BCUT2D eigenvalue weighted by molar-refractivity contribution is -0.130. The van der Waals surface area contributed by atoms with Crippen LogP contribution in [0.25, 0.3) is 11.4 Å². The van der Waals surface area contributed by atoms with Crippen molar-refractivity contribution in [2.45, 2.75) is 37.5 Å². The number of hydrogen-bond donors (Lipinski definition) is 3. The quantitative estimate of drug-likeness (QED) is 0.516. The number of nitrogens with one attached hydrogen (secondary N) is 2. The van der Waals surface area contributed by atoms with Crippen LogP contribution in [0.15, 0.2) is 60.2 Å². The van der Waals surface area contributed by atoms with Gasteiger partial charge in [-0.2, -0.15) is 0 Å². The molecule has 0 spiro atoms. The van der Waals surface area contributed by atoms with Gasteiger partial charge in [-0.15, -0.1) is 11.3 Å². The molecule has 1 aliphatic carbocycles. The SMILES string of the molecule is O=C(NC(Cc1ccccc1)C(O)C(=O)NC1CC1)c1scnc1-c1ccccn1. The number of aromatic nitrogens is 2. The van der Waals surface area contributed by atoms with Gasteiger partial charge in [-0.05, 0) is 37.0 Å². The third-order valence-electron chi connectivity index (χ3n) is 4.87. The van der Waals surface area contributed by atoms with Crippen LogP contribution in [0.2, 0.25) is 0 Å². The van der Waals surface area contributed by atoms with E-state index in [0.29, 0.717) is 22.7 Å². The highest BCUT2D eigenvalue weighted by molar-refractivity contribution is 7.12. The average Bonchev–Trinajstić information content (AvgIpc) is 3.45. The second kappa shape index (κ2) is 9.15. The Morgan fingerprint density at radius 1 is 1.10 bits per heavy atom. The van der Waals surface area contributed by atoms with Crippen LogP contribution >= 0.6 is 11.3 Å². The van der Waals surface area contributed by atoms with E-state index in [4.69, 9.17) is 0 Å². The molecule has 4 rings (SSSR count). The van der Waals surface area contributed by atoms with Crippen molar-refractivity contribution < 1.29 is 14.7 Å². The Kier molecular flexibility index (Phi) is 6.15. The molecule has 8 heteroatoms. The van der Waals surface area contributed by atoms with Crippen LogP contribution in [0.3, 0.4) is 0 Å². The molecule has 3 N–H and O–H groups in total. The minimum atomic E-state index is -1.36. The van der Waals surface area contributed by atoms with Gasteiger partial charge in [0.05, 0.1) is 17.2 Å². The molecular weight excluding hydrogens is 400 g/mol. The van der Waals surface area contributed by atoms with E-state index >= 15 is 0 Å². The summed E-state index contributed by atoms with van der Waals surface area (Å²) in [5, 5.41) is 16.3. The Bertz CT molecular complexity index is 1010. The van der Waals surface area contributed by atoms with Gasteiger partial charge in [-0.1, -0.05) is 36.4 Å². The fraction of sp³-hybridized carbons (Fsp3) is 0.273. The van der Waals surface area contributed by atoms with Crippen molar-refractivity contribution in [1.82, 2.24) is 20.6 Å². The number of carbonyl (C=O) groups excluding carboxylic acids is 2. The summed E-state index contributed by atoms with van der Waals surface area (Å²) in [6.45, 7) is 0. The van der Waals surface area contributed by atoms with Crippen LogP contribution in [-0.4, -0.2) is 45.1 Å². The first-order valence-corrected chi connectivity index (χ1v) is 10.7. The lowest BCUT2D eigenvalue weighted by Crippen LogP contribution is -2.52. The Labute approximate surface area is 178 Å². The molecule has 3 aromatic rings. The molecule has 1 aliphatic rings. The Hall–Kier alpha value is -3.10. The lowest BCUT2D eigenvalue weighted by Gasteiger charge is -2.24. The van der Waals surface area contributed by atoms with Crippen molar-refractivity contribution in [3.63, 3.8) is 0 Å². The highest BCUT2D eigenvalue weighted by atomic mass is 32.1. The van der Waals surface area contributed by atoms with Crippen LogP contribution in [0, 0.1) is 0 Å². The third kappa shape index (κ3) is 4.90. The molecule has 2 amide bonds. The van der Waals surface area contributed by atoms with E-state index in [1.807, 2.05) is 36.4 Å². The first kappa shape index (κ1) is 20.2. The minimum Gasteiger partial charge on any atom is -0.381 e. The molecule has 2 atom stereocenters. The molecule has 2 unspecified atom stereocenters. The van der Waals surface area contributed by atoms with Crippen molar-refractivity contribution >= 4 is 23.2 Å². The van der Waals surface area contributed by atoms with Gasteiger partial charge in [-0.25, -0.2) is 4.98 Å². The van der Waals surface area contributed by atoms with Crippen LogP contribution in [0.1, 0.15) is 28.1 Å².